The van der Waals surface area contributed by atoms with Gasteiger partial charge in [-0.15, -0.1) is 11.3 Å². The summed E-state index contributed by atoms with van der Waals surface area (Å²) in [5, 5.41) is 2.77. The Morgan fingerprint density at radius 2 is 2.00 bits per heavy atom. The second kappa shape index (κ2) is 7.44. The number of imidazole rings is 1. The molecule has 9 heteroatoms. The molecule has 2 fully saturated rings. The Hall–Kier alpha value is -2.00. The van der Waals surface area contributed by atoms with E-state index in [9.17, 15) is 4.79 Å². The van der Waals surface area contributed by atoms with Gasteiger partial charge in [-0.25, -0.2) is 15.0 Å². The van der Waals surface area contributed by atoms with E-state index in [0.717, 1.165) is 84.3 Å². The number of amides is 1. The van der Waals surface area contributed by atoms with E-state index in [1.165, 1.54) is 11.3 Å². The zero-order valence-electron chi connectivity index (χ0n) is 15.4. The number of aromatic nitrogens is 4. The van der Waals surface area contributed by atoms with Gasteiger partial charge in [0.1, 0.15) is 15.9 Å². The highest BCUT2D eigenvalue weighted by Crippen LogP contribution is 2.28. The fourth-order valence-electron chi connectivity index (χ4n) is 4.11. The number of anilines is 1. The molecule has 2 saturated heterocycles. The van der Waals surface area contributed by atoms with Crippen LogP contribution in [-0.4, -0.2) is 56.9 Å². The number of likely N-dealkylation sites (tertiary alicyclic amines) is 1. The van der Waals surface area contributed by atoms with Gasteiger partial charge in [-0.3, -0.25) is 4.79 Å². The highest BCUT2D eigenvalue weighted by molar-refractivity contribution is 9.10. The summed E-state index contributed by atoms with van der Waals surface area (Å²) in [6, 6.07) is 4.00. The molecule has 0 saturated carbocycles. The fraction of sp³-hybridized carbons (Fsp3) is 0.474. The average molecular weight is 461 g/mol. The number of H-pyrrole nitrogens is 1. The summed E-state index contributed by atoms with van der Waals surface area (Å²) < 4.78 is 0.809. The summed E-state index contributed by atoms with van der Waals surface area (Å²) in [7, 11) is 0. The molecular formula is C19H21BrN6OS. The number of carbonyl (C=O) groups excluding carboxylic acids is 1. The van der Waals surface area contributed by atoms with E-state index in [1.54, 1.807) is 0 Å². The van der Waals surface area contributed by atoms with E-state index < -0.39 is 0 Å². The Morgan fingerprint density at radius 1 is 1.14 bits per heavy atom. The number of carbonyl (C=O) groups is 1. The third-order valence-electron chi connectivity index (χ3n) is 5.52. The molecule has 1 atom stereocenters. The molecule has 3 aromatic rings. The highest BCUT2D eigenvalue weighted by Gasteiger charge is 2.31. The Labute approximate surface area is 175 Å². The molecule has 2 aliphatic rings. The third kappa shape index (κ3) is 3.41. The summed E-state index contributed by atoms with van der Waals surface area (Å²) in [4.78, 5) is 34.2. The predicted molar refractivity (Wildman–Crippen MR) is 113 cm³/mol. The van der Waals surface area contributed by atoms with Crippen LogP contribution in [0.1, 0.15) is 25.7 Å². The molecule has 28 heavy (non-hydrogen) atoms. The minimum atomic E-state index is 0.0781. The zero-order valence-corrected chi connectivity index (χ0v) is 17.8. The minimum Gasteiger partial charge on any atom is -0.356 e. The van der Waals surface area contributed by atoms with Gasteiger partial charge >= 0.3 is 0 Å². The first-order valence-electron chi connectivity index (χ1n) is 9.69. The van der Waals surface area contributed by atoms with Crippen LogP contribution in [0.25, 0.3) is 22.0 Å². The van der Waals surface area contributed by atoms with Crippen LogP contribution < -0.4 is 4.90 Å². The number of halogens is 1. The van der Waals surface area contributed by atoms with Crippen LogP contribution >= 0.6 is 27.3 Å². The monoisotopic (exact) mass is 460 g/mol. The van der Waals surface area contributed by atoms with Crippen molar-refractivity contribution in [2.24, 2.45) is 5.92 Å². The lowest BCUT2D eigenvalue weighted by Crippen LogP contribution is -2.44. The molecule has 5 heterocycles. The lowest BCUT2D eigenvalue weighted by atomic mass is 9.96. The number of aromatic amines is 1. The number of hydrogen-bond donors (Lipinski definition) is 1. The number of fused-ring (bicyclic) bond motifs is 1. The van der Waals surface area contributed by atoms with Crippen LogP contribution in [0.4, 0.5) is 5.82 Å². The Bertz CT molecular complexity index is 1010. The summed E-state index contributed by atoms with van der Waals surface area (Å²) in [5.74, 6) is 2.04. The maximum Gasteiger partial charge on any atom is 0.227 e. The zero-order chi connectivity index (χ0) is 19.1. The molecule has 0 bridgehead atoms. The van der Waals surface area contributed by atoms with Crippen molar-refractivity contribution in [3.63, 3.8) is 0 Å². The topological polar surface area (TPSA) is 78.0 Å². The van der Waals surface area contributed by atoms with Crippen LogP contribution in [0.3, 0.4) is 0 Å². The number of pyridine rings is 1. The van der Waals surface area contributed by atoms with E-state index >= 15 is 0 Å². The summed E-state index contributed by atoms with van der Waals surface area (Å²) in [5.41, 5.74) is 1.58. The van der Waals surface area contributed by atoms with E-state index in [4.69, 9.17) is 4.98 Å². The number of hydrogen-bond acceptors (Lipinski definition) is 6. The number of thiazole rings is 1. The summed E-state index contributed by atoms with van der Waals surface area (Å²) >= 11 is 4.92. The third-order valence-corrected chi connectivity index (χ3v) is 7.08. The standard InChI is InChI=1S/C19H21BrN6OS/c20-14-11-28-18(22-14)17-21-13-5-6-15(23-16(13)24-17)26-9-3-4-12(10-26)19(27)25-7-1-2-8-25/h5-6,11-12H,1-4,7-10H2,(H,21,23,24). The van der Waals surface area contributed by atoms with Crippen LogP contribution in [0.2, 0.25) is 0 Å². The minimum absolute atomic E-state index is 0.0781. The molecule has 0 aliphatic carbocycles. The molecule has 0 aromatic carbocycles. The SMILES string of the molecule is O=C(C1CCCN(c2ccc3nc(-c4nc(Br)cs4)[nH]c3n2)C1)N1CCCC1. The van der Waals surface area contributed by atoms with Gasteiger partial charge in [-0.2, -0.15) is 0 Å². The van der Waals surface area contributed by atoms with E-state index in [1.807, 2.05) is 22.4 Å². The van der Waals surface area contributed by atoms with Crippen molar-refractivity contribution in [1.82, 2.24) is 24.8 Å². The van der Waals surface area contributed by atoms with Gasteiger partial charge in [-0.05, 0) is 53.7 Å². The van der Waals surface area contributed by atoms with Gasteiger partial charge in [0.25, 0.3) is 0 Å². The molecule has 2 aliphatic heterocycles. The second-order valence-electron chi connectivity index (χ2n) is 7.42. The average Bonchev–Trinajstić information content (AvgIpc) is 3.47. The van der Waals surface area contributed by atoms with Crippen molar-refractivity contribution in [3.05, 3.63) is 22.1 Å². The van der Waals surface area contributed by atoms with Gasteiger partial charge in [0.05, 0.1) is 5.92 Å². The van der Waals surface area contributed by atoms with Crippen LogP contribution in [0.5, 0.6) is 0 Å². The van der Waals surface area contributed by atoms with Crippen molar-refractivity contribution in [3.8, 4) is 10.8 Å². The molecule has 5 rings (SSSR count). The Morgan fingerprint density at radius 3 is 2.79 bits per heavy atom. The van der Waals surface area contributed by atoms with Gasteiger partial charge in [0.2, 0.25) is 5.91 Å². The maximum absolute atomic E-state index is 12.8. The number of nitrogens with zero attached hydrogens (tertiary/aromatic N) is 5. The number of piperidine rings is 1. The molecule has 7 nitrogen and oxygen atoms in total. The number of nitrogens with one attached hydrogen (secondary N) is 1. The number of rotatable bonds is 3. The fourth-order valence-corrected chi connectivity index (χ4v) is 5.30. The highest BCUT2D eigenvalue weighted by atomic mass is 79.9. The van der Waals surface area contributed by atoms with Crippen molar-refractivity contribution in [2.45, 2.75) is 25.7 Å². The van der Waals surface area contributed by atoms with Gasteiger partial charge < -0.3 is 14.8 Å². The van der Waals surface area contributed by atoms with E-state index in [0.29, 0.717) is 5.91 Å². The van der Waals surface area contributed by atoms with E-state index in [2.05, 4.69) is 35.8 Å². The van der Waals surface area contributed by atoms with Gasteiger partial charge in [-0.1, -0.05) is 0 Å². The molecule has 1 unspecified atom stereocenters. The summed E-state index contributed by atoms with van der Waals surface area (Å²) in [6.45, 7) is 3.52. The molecule has 1 N–H and O–H groups in total. The summed E-state index contributed by atoms with van der Waals surface area (Å²) in [6.07, 6.45) is 4.27. The van der Waals surface area contributed by atoms with Crippen LogP contribution in [-0.2, 0) is 4.79 Å². The molecule has 146 valence electrons. The first-order valence-corrected chi connectivity index (χ1v) is 11.4. The second-order valence-corrected chi connectivity index (χ2v) is 9.09. The first-order chi connectivity index (χ1) is 13.7. The van der Waals surface area contributed by atoms with Gasteiger partial charge in [0, 0.05) is 31.6 Å². The normalized spacial score (nSPS) is 20.2. The molecule has 0 radical (unpaired) electrons. The predicted octanol–water partition coefficient (Wildman–Crippen LogP) is 3.68. The molecule has 0 spiro atoms. The molecule has 3 aromatic heterocycles. The van der Waals surface area contributed by atoms with Gasteiger partial charge in [0.15, 0.2) is 16.5 Å². The first kappa shape index (κ1) is 18.1. The van der Waals surface area contributed by atoms with Crippen molar-refractivity contribution >= 4 is 50.2 Å². The van der Waals surface area contributed by atoms with E-state index in [-0.39, 0.29) is 5.92 Å². The Kier molecular flexibility index (Phi) is 4.80. The van der Waals surface area contributed by atoms with Crippen molar-refractivity contribution in [1.29, 1.82) is 0 Å². The molecule has 1 amide bonds. The smallest absolute Gasteiger partial charge is 0.227 e. The van der Waals surface area contributed by atoms with Crippen LogP contribution in [0.15, 0.2) is 22.1 Å². The maximum atomic E-state index is 12.8. The van der Waals surface area contributed by atoms with Crippen molar-refractivity contribution < 1.29 is 4.79 Å². The lowest BCUT2D eigenvalue weighted by Gasteiger charge is -2.34. The Balaban J connectivity index is 1.37. The lowest BCUT2D eigenvalue weighted by molar-refractivity contribution is -0.134. The molecular weight excluding hydrogens is 440 g/mol. The van der Waals surface area contributed by atoms with Crippen molar-refractivity contribution in [2.75, 3.05) is 31.1 Å². The van der Waals surface area contributed by atoms with Crippen LogP contribution in [0, 0.1) is 5.92 Å². The quantitative estimate of drug-likeness (QED) is 0.644. The largest absolute Gasteiger partial charge is 0.356 e.